The van der Waals surface area contributed by atoms with Crippen molar-refractivity contribution in [2.45, 2.75) is 16.8 Å². The van der Waals surface area contributed by atoms with Crippen LogP contribution in [0.5, 0.6) is 0 Å². The lowest BCUT2D eigenvalue weighted by Gasteiger charge is -2.08. The summed E-state index contributed by atoms with van der Waals surface area (Å²) in [5.41, 5.74) is 7.38. The Bertz CT molecular complexity index is 773. The van der Waals surface area contributed by atoms with Crippen molar-refractivity contribution in [1.82, 2.24) is 19.8 Å². The number of rotatable bonds is 5. The van der Waals surface area contributed by atoms with Gasteiger partial charge in [-0.2, -0.15) is 9.78 Å². The number of hydrogen-bond acceptors (Lipinski definition) is 7. The molecule has 1 aromatic carbocycles. The SMILES string of the molecule is N#CCSc1nn2c([C@@H](N)Cc3ccccc3)nnc2s1. The number of aromatic nitrogens is 4. The van der Waals surface area contributed by atoms with Crippen molar-refractivity contribution in [2.24, 2.45) is 5.73 Å². The van der Waals surface area contributed by atoms with Crippen molar-refractivity contribution < 1.29 is 0 Å². The first-order valence-electron chi connectivity index (χ1n) is 6.29. The van der Waals surface area contributed by atoms with Crippen molar-refractivity contribution in [2.75, 3.05) is 5.75 Å². The Morgan fingerprint density at radius 3 is 2.90 bits per heavy atom. The molecule has 0 aliphatic heterocycles. The van der Waals surface area contributed by atoms with Crippen molar-refractivity contribution in [3.8, 4) is 6.07 Å². The second-order valence-corrected chi connectivity index (χ2v) is 6.54. The minimum absolute atomic E-state index is 0.265. The highest BCUT2D eigenvalue weighted by molar-refractivity contribution is 8.01. The standard InChI is InChI=1S/C13H12N6S2/c14-6-7-20-13-18-19-11(16-17-12(19)21-13)10(15)8-9-4-2-1-3-5-9/h1-5,10H,7-8,15H2/t10-/m0/s1. The van der Waals surface area contributed by atoms with E-state index in [4.69, 9.17) is 11.0 Å². The van der Waals surface area contributed by atoms with Crippen molar-refractivity contribution in [3.63, 3.8) is 0 Å². The van der Waals surface area contributed by atoms with Crippen molar-refractivity contribution >= 4 is 28.1 Å². The number of thioether (sulfide) groups is 1. The van der Waals surface area contributed by atoms with Crippen LogP contribution in [0.2, 0.25) is 0 Å². The van der Waals surface area contributed by atoms with Crippen molar-refractivity contribution in [3.05, 3.63) is 41.7 Å². The Hall–Kier alpha value is -1.95. The van der Waals surface area contributed by atoms with Crippen LogP contribution in [-0.2, 0) is 6.42 Å². The first kappa shape index (κ1) is 14.0. The van der Waals surface area contributed by atoms with Gasteiger partial charge in [0.25, 0.3) is 0 Å². The smallest absolute Gasteiger partial charge is 0.235 e. The second kappa shape index (κ2) is 6.22. The minimum Gasteiger partial charge on any atom is -0.321 e. The first-order chi connectivity index (χ1) is 10.3. The number of nitrogens with zero attached hydrogens (tertiary/aromatic N) is 5. The molecule has 0 fully saturated rings. The highest BCUT2D eigenvalue weighted by atomic mass is 32.2. The van der Waals surface area contributed by atoms with Gasteiger partial charge in [-0.15, -0.1) is 15.3 Å². The lowest BCUT2D eigenvalue weighted by atomic mass is 10.1. The van der Waals surface area contributed by atoms with Crippen LogP contribution in [0.15, 0.2) is 34.7 Å². The summed E-state index contributed by atoms with van der Waals surface area (Å²) in [6.45, 7) is 0. The summed E-state index contributed by atoms with van der Waals surface area (Å²) in [4.78, 5) is 0.703. The average molecular weight is 316 g/mol. The number of nitrogens with two attached hydrogens (primary N) is 1. The fourth-order valence-corrected chi connectivity index (χ4v) is 3.50. The number of fused-ring (bicyclic) bond motifs is 1. The molecule has 0 aliphatic rings. The molecule has 8 heteroatoms. The van der Waals surface area contributed by atoms with E-state index in [9.17, 15) is 0 Å². The quantitative estimate of drug-likeness (QED) is 0.724. The first-order valence-corrected chi connectivity index (χ1v) is 8.09. The molecular weight excluding hydrogens is 304 g/mol. The van der Waals surface area contributed by atoms with E-state index in [1.165, 1.54) is 23.1 Å². The monoisotopic (exact) mass is 316 g/mol. The Morgan fingerprint density at radius 1 is 1.33 bits per heavy atom. The van der Waals surface area contributed by atoms with E-state index in [0.29, 0.717) is 23.0 Å². The minimum atomic E-state index is -0.265. The average Bonchev–Trinajstić information content (AvgIpc) is 3.05. The van der Waals surface area contributed by atoms with E-state index in [2.05, 4.69) is 21.4 Å². The number of benzene rings is 1. The fourth-order valence-electron chi connectivity index (χ4n) is 1.96. The second-order valence-electron chi connectivity index (χ2n) is 4.36. The van der Waals surface area contributed by atoms with Gasteiger partial charge in [0, 0.05) is 0 Å². The Labute approximate surface area is 129 Å². The molecule has 0 bridgehead atoms. The van der Waals surface area contributed by atoms with Crippen molar-refractivity contribution in [1.29, 1.82) is 5.26 Å². The molecule has 2 heterocycles. The summed E-state index contributed by atoms with van der Waals surface area (Å²) in [6, 6.07) is 11.8. The molecule has 2 aromatic heterocycles. The predicted molar refractivity (Wildman–Crippen MR) is 82.1 cm³/mol. The largest absolute Gasteiger partial charge is 0.321 e. The van der Waals surface area contributed by atoms with Gasteiger partial charge in [0.15, 0.2) is 10.2 Å². The molecule has 3 rings (SSSR count). The molecule has 0 saturated carbocycles. The number of nitriles is 1. The third kappa shape index (κ3) is 3.05. The molecule has 106 valence electrons. The maximum absolute atomic E-state index is 8.61. The molecule has 0 radical (unpaired) electrons. The molecule has 0 amide bonds. The lowest BCUT2D eigenvalue weighted by Crippen LogP contribution is -2.17. The summed E-state index contributed by atoms with van der Waals surface area (Å²) in [5.74, 6) is 1.02. The van der Waals surface area contributed by atoms with Crippen LogP contribution >= 0.6 is 23.1 Å². The maximum Gasteiger partial charge on any atom is 0.235 e. The maximum atomic E-state index is 8.61. The van der Waals surface area contributed by atoms with Crippen LogP contribution in [-0.4, -0.2) is 25.6 Å². The summed E-state index contributed by atoms with van der Waals surface area (Å²) in [5, 5.41) is 21.3. The summed E-state index contributed by atoms with van der Waals surface area (Å²) < 4.78 is 2.48. The number of hydrogen-bond donors (Lipinski definition) is 1. The van der Waals surface area contributed by atoms with Crippen LogP contribution in [0, 0.1) is 11.3 Å². The van der Waals surface area contributed by atoms with Crippen LogP contribution in [0.4, 0.5) is 0 Å². The van der Waals surface area contributed by atoms with Gasteiger partial charge < -0.3 is 5.73 Å². The van der Waals surface area contributed by atoms with Gasteiger partial charge >= 0.3 is 0 Å². The van der Waals surface area contributed by atoms with Gasteiger partial charge in [0.1, 0.15) is 0 Å². The lowest BCUT2D eigenvalue weighted by molar-refractivity contribution is 0.635. The zero-order valence-electron chi connectivity index (χ0n) is 11.0. The van der Waals surface area contributed by atoms with Gasteiger partial charge in [-0.05, 0) is 12.0 Å². The normalized spacial score (nSPS) is 12.4. The highest BCUT2D eigenvalue weighted by Gasteiger charge is 2.18. The molecule has 6 nitrogen and oxygen atoms in total. The third-order valence-corrected chi connectivity index (χ3v) is 4.79. The van der Waals surface area contributed by atoms with Gasteiger partial charge in [-0.25, -0.2) is 0 Å². The molecule has 0 aliphatic carbocycles. The van der Waals surface area contributed by atoms with Crippen LogP contribution < -0.4 is 5.73 Å². The topological polar surface area (TPSA) is 92.9 Å². The Morgan fingerprint density at radius 2 is 2.14 bits per heavy atom. The zero-order valence-corrected chi connectivity index (χ0v) is 12.6. The third-order valence-electron chi connectivity index (χ3n) is 2.89. The van der Waals surface area contributed by atoms with E-state index in [0.717, 1.165) is 9.90 Å². The van der Waals surface area contributed by atoms with E-state index in [-0.39, 0.29) is 6.04 Å². The molecule has 0 unspecified atom stereocenters. The molecule has 3 aromatic rings. The van der Waals surface area contributed by atoms with Crippen LogP contribution in [0.25, 0.3) is 4.96 Å². The van der Waals surface area contributed by atoms with E-state index in [1.54, 1.807) is 4.52 Å². The molecule has 1 atom stereocenters. The Balaban J connectivity index is 1.82. The predicted octanol–water partition coefficient (Wildman–Crippen LogP) is 2.04. The summed E-state index contributed by atoms with van der Waals surface area (Å²) in [6.07, 6.45) is 0.680. The van der Waals surface area contributed by atoms with Gasteiger partial charge in [-0.1, -0.05) is 53.4 Å². The van der Waals surface area contributed by atoms with Gasteiger partial charge in [0.2, 0.25) is 4.96 Å². The van der Waals surface area contributed by atoms with E-state index >= 15 is 0 Å². The molecule has 0 saturated heterocycles. The highest BCUT2D eigenvalue weighted by Crippen LogP contribution is 2.25. The zero-order chi connectivity index (χ0) is 14.7. The van der Waals surface area contributed by atoms with Gasteiger partial charge in [0.05, 0.1) is 17.9 Å². The fraction of sp³-hybridized carbons (Fsp3) is 0.231. The molecular formula is C13H12N6S2. The van der Waals surface area contributed by atoms with E-state index < -0.39 is 0 Å². The van der Waals surface area contributed by atoms with Gasteiger partial charge in [-0.3, -0.25) is 0 Å². The Kier molecular flexibility index (Phi) is 4.15. The molecule has 21 heavy (non-hydrogen) atoms. The molecule has 2 N–H and O–H groups in total. The summed E-state index contributed by atoms with van der Waals surface area (Å²) in [7, 11) is 0. The van der Waals surface area contributed by atoms with Crippen LogP contribution in [0.3, 0.4) is 0 Å². The molecule has 0 spiro atoms. The summed E-state index contributed by atoms with van der Waals surface area (Å²) >= 11 is 2.81. The van der Waals surface area contributed by atoms with E-state index in [1.807, 2.05) is 30.3 Å². The van der Waals surface area contributed by atoms with Crippen LogP contribution in [0.1, 0.15) is 17.4 Å².